The SMILES string of the molecule is NC(=O)NCc1ccc(C(=O)N2CCOCC2)cc1. The maximum atomic E-state index is 12.2. The van der Waals surface area contributed by atoms with Gasteiger partial charge < -0.3 is 20.7 Å². The number of hydrogen-bond donors (Lipinski definition) is 2. The van der Waals surface area contributed by atoms with Crippen molar-refractivity contribution in [3.63, 3.8) is 0 Å². The third-order valence-electron chi connectivity index (χ3n) is 2.97. The third kappa shape index (κ3) is 3.69. The number of morpholine rings is 1. The Kier molecular flexibility index (Phi) is 4.35. The summed E-state index contributed by atoms with van der Waals surface area (Å²) in [6, 6.07) is 6.58. The minimum atomic E-state index is -0.562. The van der Waals surface area contributed by atoms with Crippen molar-refractivity contribution in [2.45, 2.75) is 6.54 Å². The van der Waals surface area contributed by atoms with Gasteiger partial charge in [-0.3, -0.25) is 4.79 Å². The smallest absolute Gasteiger partial charge is 0.312 e. The Bertz CT molecular complexity index is 453. The van der Waals surface area contributed by atoms with E-state index in [1.807, 2.05) is 12.1 Å². The number of primary amides is 1. The molecule has 3 amide bonds. The molecule has 1 aromatic carbocycles. The molecule has 2 rings (SSSR count). The Morgan fingerprint density at radius 2 is 1.84 bits per heavy atom. The van der Waals surface area contributed by atoms with E-state index in [0.29, 0.717) is 38.4 Å². The molecule has 1 aliphatic heterocycles. The number of nitrogens with one attached hydrogen (secondary N) is 1. The number of hydrogen-bond acceptors (Lipinski definition) is 3. The summed E-state index contributed by atoms with van der Waals surface area (Å²) in [5, 5.41) is 2.50. The van der Waals surface area contributed by atoms with E-state index in [9.17, 15) is 9.59 Å². The van der Waals surface area contributed by atoms with E-state index in [-0.39, 0.29) is 5.91 Å². The molecule has 1 aliphatic rings. The van der Waals surface area contributed by atoms with Crippen LogP contribution < -0.4 is 11.1 Å². The Balaban J connectivity index is 1.97. The number of amides is 3. The van der Waals surface area contributed by atoms with Crippen LogP contribution in [0.4, 0.5) is 4.79 Å². The van der Waals surface area contributed by atoms with Gasteiger partial charge >= 0.3 is 6.03 Å². The largest absolute Gasteiger partial charge is 0.378 e. The van der Waals surface area contributed by atoms with Crippen molar-refractivity contribution in [3.8, 4) is 0 Å². The number of benzene rings is 1. The van der Waals surface area contributed by atoms with Gasteiger partial charge in [-0.2, -0.15) is 0 Å². The average molecular weight is 263 g/mol. The highest BCUT2D eigenvalue weighted by Crippen LogP contribution is 2.09. The molecular weight excluding hydrogens is 246 g/mol. The molecule has 0 spiro atoms. The molecule has 1 heterocycles. The zero-order chi connectivity index (χ0) is 13.7. The number of carbonyl (C=O) groups is 2. The highest BCUT2D eigenvalue weighted by atomic mass is 16.5. The lowest BCUT2D eigenvalue weighted by atomic mass is 10.1. The summed E-state index contributed by atoms with van der Waals surface area (Å²) in [5.41, 5.74) is 6.54. The molecule has 0 unspecified atom stereocenters. The van der Waals surface area contributed by atoms with Gasteiger partial charge in [0.15, 0.2) is 0 Å². The molecule has 0 saturated carbocycles. The Morgan fingerprint density at radius 3 is 2.42 bits per heavy atom. The molecule has 0 bridgehead atoms. The van der Waals surface area contributed by atoms with Crippen LogP contribution in [0, 0.1) is 0 Å². The predicted molar refractivity (Wildman–Crippen MR) is 69.6 cm³/mol. The van der Waals surface area contributed by atoms with Crippen molar-refractivity contribution in [1.82, 2.24) is 10.2 Å². The molecule has 1 saturated heterocycles. The standard InChI is InChI=1S/C13H17N3O3/c14-13(18)15-9-10-1-3-11(4-2-10)12(17)16-5-7-19-8-6-16/h1-4H,5-9H2,(H3,14,15,18). The lowest BCUT2D eigenvalue weighted by Crippen LogP contribution is -2.40. The van der Waals surface area contributed by atoms with Crippen molar-refractivity contribution in [1.29, 1.82) is 0 Å². The number of urea groups is 1. The molecule has 3 N–H and O–H groups in total. The first kappa shape index (κ1) is 13.4. The zero-order valence-electron chi connectivity index (χ0n) is 10.6. The molecule has 6 heteroatoms. The Labute approximate surface area is 111 Å². The van der Waals surface area contributed by atoms with Gasteiger partial charge in [-0.25, -0.2) is 4.79 Å². The van der Waals surface area contributed by atoms with Crippen molar-refractivity contribution < 1.29 is 14.3 Å². The van der Waals surface area contributed by atoms with E-state index in [1.165, 1.54) is 0 Å². The molecular formula is C13H17N3O3. The van der Waals surface area contributed by atoms with Crippen LogP contribution in [-0.2, 0) is 11.3 Å². The van der Waals surface area contributed by atoms with Crippen LogP contribution in [0.5, 0.6) is 0 Å². The Hall–Kier alpha value is -2.08. The summed E-state index contributed by atoms with van der Waals surface area (Å²) in [5.74, 6) is 0.0118. The topological polar surface area (TPSA) is 84.7 Å². The van der Waals surface area contributed by atoms with Crippen molar-refractivity contribution in [3.05, 3.63) is 35.4 Å². The van der Waals surface area contributed by atoms with Gasteiger partial charge in [0.2, 0.25) is 0 Å². The maximum absolute atomic E-state index is 12.2. The van der Waals surface area contributed by atoms with Gasteiger partial charge in [0, 0.05) is 25.2 Å². The molecule has 1 fully saturated rings. The van der Waals surface area contributed by atoms with Gasteiger partial charge in [0.25, 0.3) is 5.91 Å². The molecule has 19 heavy (non-hydrogen) atoms. The first-order valence-electron chi connectivity index (χ1n) is 6.16. The van der Waals surface area contributed by atoms with Crippen LogP contribution >= 0.6 is 0 Å². The lowest BCUT2D eigenvalue weighted by molar-refractivity contribution is 0.0303. The maximum Gasteiger partial charge on any atom is 0.312 e. The van der Waals surface area contributed by atoms with Gasteiger partial charge in [-0.1, -0.05) is 12.1 Å². The second-order valence-electron chi connectivity index (χ2n) is 4.32. The monoisotopic (exact) mass is 263 g/mol. The van der Waals surface area contributed by atoms with Gasteiger partial charge in [0.1, 0.15) is 0 Å². The minimum absolute atomic E-state index is 0.0118. The normalized spacial score (nSPS) is 15.1. The summed E-state index contributed by atoms with van der Waals surface area (Å²) >= 11 is 0. The fourth-order valence-electron chi connectivity index (χ4n) is 1.90. The van der Waals surface area contributed by atoms with E-state index >= 15 is 0 Å². The van der Waals surface area contributed by atoms with Crippen molar-refractivity contribution >= 4 is 11.9 Å². The van der Waals surface area contributed by atoms with E-state index in [2.05, 4.69) is 5.32 Å². The van der Waals surface area contributed by atoms with E-state index in [4.69, 9.17) is 10.5 Å². The van der Waals surface area contributed by atoms with Crippen LogP contribution in [0.2, 0.25) is 0 Å². The van der Waals surface area contributed by atoms with Crippen LogP contribution in [0.1, 0.15) is 15.9 Å². The molecule has 0 aromatic heterocycles. The first-order chi connectivity index (χ1) is 9.16. The number of rotatable bonds is 3. The van der Waals surface area contributed by atoms with Crippen molar-refractivity contribution in [2.75, 3.05) is 26.3 Å². The second-order valence-corrected chi connectivity index (χ2v) is 4.32. The lowest BCUT2D eigenvalue weighted by Gasteiger charge is -2.26. The van der Waals surface area contributed by atoms with Gasteiger partial charge in [0.05, 0.1) is 13.2 Å². The molecule has 0 aliphatic carbocycles. The number of ether oxygens (including phenoxy) is 1. The fraction of sp³-hybridized carbons (Fsp3) is 0.385. The van der Waals surface area contributed by atoms with Crippen LogP contribution in [-0.4, -0.2) is 43.1 Å². The number of nitrogens with zero attached hydrogens (tertiary/aromatic N) is 1. The molecule has 0 radical (unpaired) electrons. The van der Waals surface area contributed by atoms with Crippen LogP contribution in [0.25, 0.3) is 0 Å². The summed E-state index contributed by atoms with van der Waals surface area (Å²) in [6.45, 7) is 2.80. The number of carbonyl (C=O) groups excluding carboxylic acids is 2. The summed E-state index contributed by atoms with van der Waals surface area (Å²) < 4.78 is 5.21. The van der Waals surface area contributed by atoms with Gasteiger partial charge in [-0.15, -0.1) is 0 Å². The highest BCUT2D eigenvalue weighted by Gasteiger charge is 2.18. The van der Waals surface area contributed by atoms with E-state index in [1.54, 1.807) is 17.0 Å². The molecule has 102 valence electrons. The van der Waals surface area contributed by atoms with Gasteiger partial charge in [-0.05, 0) is 17.7 Å². The molecule has 1 aromatic rings. The Morgan fingerprint density at radius 1 is 1.21 bits per heavy atom. The minimum Gasteiger partial charge on any atom is -0.378 e. The summed E-state index contributed by atoms with van der Waals surface area (Å²) in [6.07, 6.45) is 0. The zero-order valence-corrected chi connectivity index (χ0v) is 10.6. The fourth-order valence-corrected chi connectivity index (χ4v) is 1.90. The predicted octanol–water partition coefficient (Wildman–Crippen LogP) is 0.327. The first-order valence-corrected chi connectivity index (χ1v) is 6.16. The third-order valence-corrected chi connectivity index (χ3v) is 2.97. The number of nitrogens with two attached hydrogens (primary N) is 1. The molecule has 0 atom stereocenters. The highest BCUT2D eigenvalue weighted by molar-refractivity contribution is 5.94. The summed E-state index contributed by atoms with van der Waals surface area (Å²) in [4.78, 5) is 24.5. The quantitative estimate of drug-likeness (QED) is 0.824. The summed E-state index contributed by atoms with van der Waals surface area (Å²) in [7, 11) is 0. The van der Waals surface area contributed by atoms with Crippen LogP contribution in [0.15, 0.2) is 24.3 Å². The van der Waals surface area contributed by atoms with E-state index in [0.717, 1.165) is 5.56 Å². The molecule has 6 nitrogen and oxygen atoms in total. The van der Waals surface area contributed by atoms with E-state index < -0.39 is 6.03 Å². The average Bonchev–Trinajstić information content (AvgIpc) is 2.46. The van der Waals surface area contributed by atoms with Crippen molar-refractivity contribution in [2.24, 2.45) is 5.73 Å². The second kappa shape index (κ2) is 6.19. The van der Waals surface area contributed by atoms with Crippen LogP contribution in [0.3, 0.4) is 0 Å².